The predicted molar refractivity (Wildman–Crippen MR) is 91.0 cm³/mol. The third-order valence-corrected chi connectivity index (χ3v) is 4.81. The molecule has 0 aliphatic rings. The highest BCUT2D eigenvalue weighted by Crippen LogP contribution is 2.27. The minimum Gasteiger partial charge on any atom is -0.379 e. The highest BCUT2D eigenvalue weighted by Gasteiger charge is 2.20. The first kappa shape index (κ1) is 16.4. The predicted octanol–water partition coefficient (Wildman–Crippen LogP) is 4.54. The minimum atomic E-state index is -0.0768. The number of hydrogen-bond donors (Lipinski definition) is 1. The van der Waals surface area contributed by atoms with Crippen molar-refractivity contribution in [3.63, 3.8) is 0 Å². The number of aromatic nitrogens is 1. The normalized spacial score (nSPS) is 13.7. The summed E-state index contributed by atoms with van der Waals surface area (Å²) in [7, 11) is 1.79. The van der Waals surface area contributed by atoms with Gasteiger partial charge in [-0.05, 0) is 62.7 Å². The van der Waals surface area contributed by atoms with E-state index in [1.54, 1.807) is 18.4 Å². The lowest BCUT2D eigenvalue weighted by Crippen LogP contribution is -2.28. The monoisotopic (exact) mass is 306 g/mol. The number of nitrogens with one attached hydrogen (secondary N) is 1. The molecule has 116 valence electrons. The van der Waals surface area contributed by atoms with Crippen LogP contribution in [0.25, 0.3) is 10.2 Å². The van der Waals surface area contributed by atoms with E-state index in [9.17, 15) is 0 Å². The maximum Gasteiger partial charge on any atom is 0.0809 e. The third-order valence-electron chi connectivity index (χ3n) is 3.95. The van der Waals surface area contributed by atoms with Crippen LogP contribution in [0, 0.1) is 0 Å². The van der Waals surface area contributed by atoms with Crippen LogP contribution in [0.15, 0.2) is 23.7 Å². The lowest BCUT2D eigenvalue weighted by Gasteiger charge is -2.26. The van der Waals surface area contributed by atoms with Gasteiger partial charge in [0, 0.05) is 19.3 Å². The molecular weight excluding hydrogens is 280 g/mol. The van der Waals surface area contributed by atoms with E-state index < -0.39 is 0 Å². The Morgan fingerprint density at radius 1 is 1.43 bits per heavy atom. The Balaban J connectivity index is 2.13. The smallest absolute Gasteiger partial charge is 0.0809 e. The summed E-state index contributed by atoms with van der Waals surface area (Å²) in [5.74, 6) is 0. The van der Waals surface area contributed by atoms with Gasteiger partial charge in [-0.2, -0.15) is 0 Å². The number of nitrogens with zero attached hydrogens (tertiary/aromatic N) is 1. The van der Waals surface area contributed by atoms with Crippen molar-refractivity contribution in [1.82, 2.24) is 10.3 Å². The molecule has 2 aromatic heterocycles. The Bertz CT molecular complexity index is 565. The second kappa shape index (κ2) is 7.34. The van der Waals surface area contributed by atoms with E-state index in [2.05, 4.69) is 48.6 Å². The fourth-order valence-electron chi connectivity index (χ4n) is 2.35. The van der Waals surface area contributed by atoms with E-state index in [-0.39, 0.29) is 5.60 Å². The number of ether oxygens (including phenoxy) is 1. The number of pyridine rings is 1. The molecule has 2 aromatic rings. The fraction of sp³-hybridized carbons (Fsp3) is 0.588. The summed E-state index contributed by atoms with van der Waals surface area (Å²) in [5, 5.41) is 5.75. The first-order valence-electron chi connectivity index (χ1n) is 7.67. The van der Waals surface area contributed by atoms with Crippen LogP contribution < -0.4 is 5.32 Å². The van der Waals surface area contributed by atoms with Crippen LogP contribution in [-0.2, 0) is 4.74 Å². The molecule has 0 aliphatic carbocycles. The molecule has 0 saturated heterocycles. The molecule has 0 aromatic carbocycles. The van der Waals surface area contributed by atoms with Crippen LogP contribution in [0.3, 0.4) is 0 Å². The number of rotatable bonds is 8. The highest BCUT2D eigenvalue weighted by atomic mass is 32.1. The number of thiophene rings is 1. The number of fused-ring (bicyclic) bond motifs is 1. The molecule has 0 amide bonds. The zero-order chi connectivity index (χ0) is 15.3. The van der Waals surface area contributed by atoms with Gasteiger partial charge in [-0.3, -0.25) is 4.98 Å². The van der Waals surface area contributed by atoms with Gasteiger partial charge in [-0.1, -0.05) is 6.92 Å². The average Bonchev–Trinajstić information content (AvgIpc) is 2.94. The zero-order valence-electron chi connectivity index (χ0n) is 13.5. The summed E-state index contributed by atoms with van der Waals surface area (Å²) in [5.41, 5.74) is 2.30. The topological polar surface area (TPSA) is 34.1 Å². The zero-order valence-corrected chi connectivity index (χ0v) is 14.3. The third kappa shape index (κ3) is 4.50. The van der Waals surface area contributed by atoms with Gasteiger partial charge in [0.25, 0.3) is 0 Å². The van der Waals surface area contributed by atoms with Crippen LogP contribution in [0.4, 0.5) is 0 Å². The van der Waals surface area contributed by atoms with Crippen molar-refractivity contribution in [2.75, 3.05) is 13.7 Å². The molecule has 0 fully saturated rings. The van der Waals surface area contributed by atoms with Gasteiger partial charge in [0.05, 0.1) is 15.8 Å². The molecule has 1 unspecified atom stereocenters. The van der Waals surface area contributed by atoms with Gasteiger partial charge in [-0.25, -0.2) is 0 Å². The van der Waals surface area contributed by atoms with Crippen molar-refractivity contribution in [2.45, 2.75) is 51.7 Å². The molecule has 2 rings (SSSR count). The summed E-state index contributed by atoms with van der Waals surface area (Å²) < 4.78 is 6.81. The molecular formula is C17H26N2OS. The van der Waals surface area contributed by atoms with Crippen molar-refractivity contribution >= 4 is 21.6 Å². The van der Waals surface area contributed by atoms with Crippen molar-refractivity contribution in [2.24, 2.45) is 0 Å². The van der Waals surface area contributed by atoms with Crippen LogP contribution in [0.2, 0.25) is 0 Å². The Morgan fingerprint density at radius 2 is 2.24 bits per heavy atom. The number of methoxy groups -OCH3 is 1. The van der Waals surface area contributed by atoms with E-state index in [0.717, 1.165) is 31.3 Å². The van der Waals surface area contributed by atoms with Crippen molar-refractivity contribution in [1.29, 1.82) is 0 Å². The van der Waals surface area contributed by atoms with Crippen molar-refractivity contribution < 1.29 is 4.74 Å². The first-order chi connectivity index (χ1) is 10.1. The lowest BCUT2D eigenvalue weighted by atomic mass is 9.95. The van der Waals surface area contributed by atoms with Gasteiger partial charge in [0.1, 0.15) is 0 Å². The van der Waals surface area contributed by atoms with E-state index in [1.807, 2.05) is 6.20 Å². The second-order valence-electron chi connectivity index (χ2n) is 6.08. The molecule has 0 aliphatic heterocycles. The minimum absolute atomic E-state index is 0.0768. The van der Waals surface area contributed by atoms with Crippen molar-refractivity contribution in [3.8, 4) is 0 Å². The standard InChI is InChI=1S/C17H26N2OS/c1-5-9-18-14(6-8-17(2,3)20-4)13-11-16-15(19-12-13)7-10-21-16/h7,10-12,14,18H,5-6,8-9H2,1-4H3. The average molecular weight is 306 g/mol. The van der Waals surface area contributed by atoms with Crippen LogP contribution in [-0.4, -0.2) is 24.2 Å². The lowest BCUT2D eigenvalue weighted by molar-refractivity contribution is 0.0117. The number of hydrogen-bond acceptors (Lipinski definition) is 4. The van der Waals surface area contributed by atoms with Gasteiger partial charge >= 0.3 is 0 Å². The highest BCUT2D eigenvalue weighted by molar-refractivity contribution is 7.17. The van der Waals surface area contributed by atoms with E-state index in [0.29, 0.717) is 6.04 Å². The van der Waals surface area contributed by atoms with Gasteiger partial charge in [-0.15, -0.1) is 11.3 Å². The fourth-order valence-corrected chi connectivity index (χ4v) is 3.14. The molecule has 0 saturated carbocycles. The Labute approximate surface area is 131 Å². The van der Waals surface area contributed by atoms with E-state index >= 15 is 0 Å². The first-order valence-corrected chi connectivity index (χ1v) is 8.55. The Morgan fingerprint density at radius 3 is 2.95 bits per heavy atom. The molecule has 1 atom stereocenters. The summed E-state index contributed by atoms with van der Waals surface area (Å²) in [6.45, 7) is 7.51. The van der Waals surface area contributed by atoms with Crippen LogP contribution in [0.1, 0.15) is 51.6 Å². The van der Waals surface area contributed by atoms with Gasteiger partial charge in [0.15, 0.2) is 0 Å². The van der Waals surface area contributed by atoms with Crippen LogP contribution >= 0.6 is 11.3 Å². The molecule has 0 spiro atoms. The Kier molecular flexibility index (Phi) is 5.73. The molecule has 4 heteroatoms. The quantitative estimate of drug-likeness (QED) is 0.777. The second-order valence-corrected chi connectivity index (χ2v) is 7.03. The van der Waals surface area contributed by atoms with E-state index in [1.165, 1.54) is 10.3 Å². The van der Waals surface area contributed by atoms with Crippen LogP contribution in [0.5, 0.6) is 0 Å². The summed E-state index contributed by atoms with van der Waals surface area (Å²) in [4.78, 5) is 4.57. The van der Waals surface area contributed by atoms with Crippen molar-refractivity contribution in [3.05, 3.63) is 29.3 Å². The SMILES string of the molecule is CCCNC(CCC(C)(C)OC)c1cnc2ccsc2c1. The molecule has 2 heterocycles. The summed E-state index contributed by atoms with van der Waals surface area (Å²) in [6, 6.07) is 4.70. The molecule has 3 nitrogen and oxygen atoms in total. The summed E-state index contributed by atoms with van der Waals surface area (Å²) in [6.07, 6.45) is 5.23. The summed E-state index contributed by atoms with van der Waals surface area (Å²) >= 11 is 1.76. The Hall–Kier alpha value is -0.970. The maximum absolute atomic E-state index is 5.54. The largest absolute Gasteiger partial charge is 0.379 e. The molecule has 0 radical (unpaired) electrons. The molecule has 0 bridgehead atoms. The molecule has 1 N–H and O–H groups in total. The van der Waals surface area contributed by atoms with Gasteiger partial charge in [0.2, 0.25) is 0 Å². The molecule has 21 heavy (non-hydrogen) atoms. The van der Waals surface area contributed by atoms with Gasteiger partial charge < -0.3 is 10.1 Å². The maximum atomic E-state index is 5.54. The van der Waals surface area contributed by atoms with E-state index in [4.69, 9.17) is 4.74 Å².